The van der Waals surface area contributed by atoms with Gasteiger partial charge in [-0.1, -0.05) is 45.0 Å². The lowest BCUT2D eigenvalue weighted by Gasteiger charge is -2.34. The summed E-state index contributed by atoms with van der Waals surface area (Å²) in [6, 6.07) is 6.71. The van der Waals surface area contributed by atoms with Crippen molar-refractivity contribution in [1.82, 2.24) is 18.7 Å². The SMILES string of the molecule is Cc1ncsc1-c1ccc([C@H](C)NC(=O)[C@@H]2C[C@@H](O)CN2C(=O)C(NI)C(C)(C)C)cc1. The van der Waals surface area contributed by atoms with Crippen LogP contribution in [0.3, 0.4) is 0 Å². The molecule has 9 heteroatoms. The van der Waals surface area contributed by atoms with Crippen LogP contribution in [0.2, 0.25) is 0 Å². The Morgan fingerprint density at radius 3 is 2.47 bits per heavy atom. The van der Waals surface area contributed by atoms with Gasteiger partial charge >= 0.3 is 0 Å². The standard InChI is InChI=1S/C23H31IN4O3S/c1-13(15-6-8-16(9-7-15)19-14(2)25-12-32-19)26-21(30)18-10-17(29)11-28(18)22(31)20(27-24)23(3,4)5/h6-9,12-13,17-18,20,27,29H,10-11H2,1-5H3,(H,26,30)/t13-,17+,18-,20?/m0/s1. The molecule has 3 N–H and O–H groups in total. The van der Waals surface area contributed by atoms with Crippen molar-refractivity contribution >= 4 is 46.0 Å². The third kappa shape index (κ3) is 5.49. The number of nitrogens with zero attached hydrogens (tertiary/aromatic N) is 2. The number of benzene rings is 1. The fraction of sp³-hybridized carbons (Fsp3) is 0.522. The second kappa shape index (κ2) is 10.1. The van der Waals surface area contributed by atoms with Crippen LogP contribution in [0.5, 0.6) is 0 Å². The average molecular weight is 570 g/mol. The Morgan fingerprint density at radius 1 is 1.28 bits per heavy atom. The zero-order chi connectivity index (χ0) is 23.6. The summed E-state index contributed by atoms with van der Waals surface area (Å²) in [5.41, 5.74) is 4.59. The first-order valence-corrected chi connectivity index (χ1v) is 12.6. The minimum Gasteiger partial charge on any atom is -0.391 e. The smallest absolute Gasteiger partial charge is 0.243 e. The van der Waals surface area contributed by atoms with Crippen LogP contribution in [0.25, 0.3) is 10.4 Å². The van der Waals surface area contributed by atoms with Gasteiger partial charge in [0.05, 0.1) is 28.2 Å². The molecular formula is C23H31IN4O3S. The minimum atomic E-state index is -0.707. The number of nitrogens with one attached hydrogen (secondary N) is 2. The van der Waals surface area contributed by atoms with E-state index in [4.69, 9.17) is 0 Å². The van der Waals surface area contributed by atoms with Crippen LogP contribution in [0.1, 0.15) is 51.4 Å². The van der Waals surface area contributed by atoms with Crippen LogP contribution in [0.4, 0.5) is 0 Å². The van der Waals surface area contributed by atoms with Crippen molar-refractivity contribution in [1.29, 1.82) is 0 Å². The van der Waals surface area contributed by atoms with E-state index in [9.17, 15) is 14.7 Å². The summed E-state index contributed by atoms with van der Waals surface area (Å²) in [5, 5.41) is 13.2. The number of rotatable bonds is 6. The Hall–Kier alpha value is -1.56. The van der Waals surface area contributed by atoms with Crippen LogP contribution in [-0.2, 0) is 9.59 Å². The van der Waals surface area contributed by atoms with Crippen molar-refractivity contribution in [2.24, 2.45) is 5.41 Å². The number of β-amino-alcohol motifs (C(OH)–C–C–N with tert-alkyl or cyclic N) is 1. The molecule has 1 saturated heterocycles. The van der Waals surface area contributed by atoms with E-state index in [0.29, 0.717) is 0 Å². The van der Waals surface area contributed by atoms with Crippen molar-refractivity contribution in [3.8, 4) is 10.4 Å². The summed E-state index contributed by atoms with van der Waals surface area (Å²) in [6.07, 6.45) is -0.465. The fourth-order valence-electron chi connectivity index (χ4n) is 3.95. The Labute approximate surface area is 207 Å². The first-order chi connectivity index (χ1) is 15.0. The van der Waals surface area contributed by atoms with E-state index >= 15 is 0 Å². The quantitative estimate of drug-likeness (QED) is 0.365. The maximum atomic E-state index is 13.2. The summed E-state index contributed by atoms with van der Waals surface area (Å²) >= 11 is 3.58. The zero-order valence-electron chi connectivity index (χ0n) is 19.1. The van der Waals surface area contributed by atoms with Crippen molar-refractivity contribution in [2.75, 3.05) is 6.54 Å². The molecule has 7 nitrogen and oxygen atoms in total. The number of hydrogen-bond donors (Lipinski definition) is 3. The van der Waals surface area contributed by atoms with Gasteiger partial charge in [0.15, 0.2) is 0 Å². The number of aliphatic hydroxyl groups excluding tert-OH is 1. The van der Waals surface area contributed by atoms with Gasteiger partial charge in [-0.3, -0.25) is 9.59 Å². The molecule has 32 heavy (non-hydrogen) atoms. The van der Waals surface area contributed by atoms with Crippen molar-refractivity contribution < 1.29 is 14.7 Å². The van der Waals surface area contributed by atoms with Gasteiger partial charge in [-0.25, -0.2) is 8.51 Å². The number of thiazole rings is 1. The summed E-state index contributed by atoms with van der Waals surface area (Å²) in [7, 11) is 0. The molecule has 1 aromatic carbocycles. The molecule has 0 radical (unpaired) electrons. The highest BCUT2D eigenvalue weighted by molar-refractivity contribution is 14.1. The minimum absolute atomic E-state index is 0.166. The van der Waals surface area contributed by atoms with Crippen LogP contribution >= 0.6 is 34.2 Å². The Bertz CT molecular complexity index is 957. The molecule has 1 unspecified atom stereocenters. The molecule has 1 fully saturated rings. The second-order valence-corrected chi connectivity index (χ2v) is 10.9. The first-order valence-electron chi connectivity index (χ1n) is 10.7. The third-order valence-corrected chi connectivity index (χ3v) is 7.46. The predicted molar refractivity (Wildman–Crippen MR) is 135 cm³/mol. The molecule has 4 atom stereocenters. The fourth-order valence-corrected chi connectivity index (χ4v) is 5.96. The number of likely N-dealkylation sites (tertiary alicyclic amines) is 1. The number of aromatic nitrogens is 1. The van der Waals surface area contributed by atoms with Gasteiger partial charge in [-0.15, -0.1) is 11.3 Å². The highest BCUT2D eigenvalue weighted by Crippen LogP contribution is 2.29. The van der Waals surface area contributed by atoms with Gasteiger partial charge in [0.25, 0.3) is 0 Å². The van der Waals surface area contributed by atoms with Crippen LogP contribution in [0.15, 0.2) is 29.8 Å². The lowest BCUT2D eigenvalue weighted by molar-refractivity contribution is -0.141. The highest BCUT2D eigenvalue weighted by Gasteiger charge is 2.43. The Kier molecular flexibility index (Phi) is 7.95. The highest BCUT2D eigenvalue weighted by atomic mass is 127. The van der Waals surface area contributed by atoms with Crippen LogP contribution in [-0.4, -0.2) is 51.5 Å². The Balaban J connectivity index is 1.70. The summed E-state index contributed by atoms with van der Waals surface area (Å²) in [4.78, 5) is 33.2. The lowest BCUT2D eigenvalue weighted by atomic mass is 9.86. The van der Waals surface area contributed by atoms with Crippen molar-refractivity contribution in [2.45, 2.75) is 65.3 Å². The van der Waals surface area contributed by atoms with E-state index in [1.807, 2.05) is 87.3 Å². The van der Waals surface area contributed by atoms with E-state index in [2.05, 4.69) is 13.8 Å². The molecule has 3 rings (SSSR count). The van der Waals surface area contributed by atoms with Gasteiger partial charge in [0.2, 0.25) is 11.8 Å². The predicted octanol–water partition coefficient (Wildman–Crippen LogP) is 3.61. The van der Waals surface area contributed by atoms with Crippen LogP contribution < -0.4 is 8.85 Å². The monoisotopic (exact) mass is 570 g/mol. The van der Waals surface area contributed by atoms with Gasteiger partial charge in [0, 0.05) is 35.8 Å². The van der Waals surface area contributed by atoms with E-state index in [1.165, 1.54) is 4.90 Å². The van der Waals surface area contributed by atoms with E-state index < -0.39 is 18.2 Å². The van der Waals surface area contributed by atoms with Gasteiger partial charge in [-0.05, 0) is 30.4 Å². The molecule has 2 amide bonds. The number of aliphatic hydroxyl groups is 1. The maximum Gasteiger partial charge on any atom is 0.243 e. The van der Waals surface area contributed by atoms with Gasteiger partial charge in [0.1, 0.15) is 12.1 Å². The van der Waals surface area contributed by atoms with Crippen LogP contribution in [0, 0.1) is 12.3 Å². The molecule has 0 bridgehead atoms. The largest absolute Gasteiger partial charge is 0.391 e. The van der Waals surface area contributed by atoms with E-state index in [-0.39, 0.29) is 36.2 Å². The van der Waals surface area contributed by atoms with E-state index in [0.717, 1.165) is 21.7 Å². The number of aryl methyl sites for hydroxylation is 1. The zero-order valence-corrected chi connectivity index (χ0v) is 22.0. The first kappa shape index (κ1) is 25.1. The van der Waals surface area contributed by atoms with Gasteiger partial charge in [-0.2, -0.15) is 0 Å². The van der Waals surface area contributed by atoms with Crippen molar-refractivity contribution in [3.63, 3.8) is 0 Å². The molecule has 1 aliphatic rings. The molecule has 2 heterocycles. The van der Waals surface area contributed by atoms with Crippen molar-refractivity contribution in [3.05, 3.63) is 41.0 Å². The Morgan fingerprint density at radius 2 is 1.94 bits per heavy atom. The molecule has 1 aromatic heterocycles. The summed E-state index contributed by atoms with van der Waals surface area (Å²) in [5.74, 6) is -0.411. The normalized spacial score (nSPS) is 20.8. The second-order valence-electron chi connectivity index (χ2n) is 9.42. The molecule has 0 saturated carbocycles. The molecule has 1 aliphatic heterocycles. The third-order valence-electron chi connectivity index (χ3n) is 5.86. The lowest BCUT2D eigenvalue weighted by Crippen LogP contribution is -2.55. The molecule has 0 spiro atoms. The van der Waals surface area contributed by atoms with Gasteiger partial charge < -0.3 is 15.3 Å². The van der Waals surface area contributed by atoms with E-state index in [1.54, 1.807) is 11.3 Å². The molecular weight excluding hydrogens is 539 g/mol. The average Bonchev–Trinajstić information content (AvgIpc) is 3.33. The number of carbonyl (C=O) groups excluding carboxylic acids is 2. The number of carbonyl (C=O) groups is 2. The molecule has 0 aliphatic carbocycles. The molecule has 2 aromatic rings. The number of halogens is 1. The summed E-state index contributed by atoms with van der Waals surface area (Å²) in [6.45, 7) is 10.0. The number of hydrogen-bond acceptors (Lipinski definition) is 6. The molecule has 174 valence electrons. The summed E-state index contributed by atoms with van der Waals surface area (Å²) < 4.78 is 3.04. The topological polar surface area (TPSA) is 94.6 Å². The number of amides is 2. The maximum absolute atomic E-state index is 13.2.